The normalized spacial score (nSPS) is 13.1. The highest BCUT2D eigenvalue weighted by atomic mass is 16.6. The number of carbonyl (C=O) groups excluding carboxylic acids is 1. The molecular formula is C22H20N2O3. The Labute approximate surface area is 157 Å². The van der Waals surface area contributed by atoms with Crippen LogP contribution in [0.1, 0.15) is 27.3 Å². The summed E-state index contributed by atoms with van der Waals surface area (Å²) < 4.78 is 12.9. The van der Waals surface area contributed by atoms with E-state index in [2.05, 4.69) is 5.10 Å². The summed E-state index contributed by atoms with van der Waals surface area (Å²) in [6, 6.07) is 15.5. The number of para-hydroxylation sites is 1. The summed E-state index contributed by atoms with van der Waals surface area (Å²) >= 11 is 0. The molecule has 0 atom stereocenters. The molecule has 0 saturated carbocycles. The van der Waals surface area contributed by atoms with Crippen molar-refractivity contribution in [1.29, 1.82) is 0 Å². The largest absolute Gasteiger partial charge is 0.486 e. The minimum absolute atomic E-state index is 0.0675. The van der Waals surface area contributed by atoms with Crippen molar-refractivity contribution in [2.75, 3.05) is 13.2 Å². The number of ether oxygens (including phenoxy) is 2. The first-order valence-electron chi connectivity index (χ1n) is 8.87. The Kier molecular flexibility index (Phi) is 4.50. The summed E-state index contributed by atoms with van der Waals surface area (Å²) in [6.45, 7) is 4.87. The van der Waals surface area contributed by atoms with Gasteiger partial charge in [-0.2, -0.15) is 5.10 Å². The number of allylic oxidation sites excluding steroid dienone is 1. The molecule has 1 aliphatic heterocycles. The van der Waals surface area contributed by atoms with Gasteiger partial charge in [0.1, 0.15) is 13.2 Å². The molecule has 5 heteroatoms. The molecule has 0 N–H and O–H groups in total. The van der Waals surface area contributed by atoms with Gasteiger partial charge in [0, 0.05) is 0 Å². The summed E-state index contributed by atoms with van der Waals surface area (Å²) in [6.07, 6.45) is 3.37. The first-order chi connectivity index (χ1) is 13.1. The molecule has 1 aromatic heterocycles. The summed E-state index contributed by atoms with van der Waals surface area (Å²) in [7, 11) is 0. The smallest absolute Gasteiger partial charge is 0.189 e. The van der Waals surface area contributed by atoms with Gasteiger partial charge in [-0.1, -0.05) is 30.3 Å². The number of ketones is 1. The molecule has 0 fully saturated rings. The van der Waals surface area contributed by atoms with Crippen LogP contribution in [0.5, 0.6) is 11.5 Å². The average Bonchev–Trinajstić information content (AvgIpc) is 3.01. The van der Waals surface area contributed by atoms with Crippen molar-refractivity contribution in [3.63, 3.8) is 0 Å². The van der Waals surface area contributed by atoms with Crippen molar-refractivity contribution < 1.29 is 14.3 Å². The van der Waals surface area contributed by atoms with E-state index in [0.717, 1.165) is 22.7 Å². The fraction of sp³-hybridized carbons (Fsp3) is 0.182. The fourth-order valence-electron chi connectivity index (χ4n) is 3.24. The van der Waals surface area contributed by atoms with Crippen LogP contribution in [0, 0.1) is 13.8 Å². The van der Waals surface area contributed by atoms with Gasteiger partial charge in [-0.25, -0.2) is 4.68 Å². The summed E-state index contributed by atoms with van der Waals surface area (Å²) in [5.74, 6) is 1.38. The Balaban J connectivity index is 1.60. The Bertz CT molecular complexity index is 1020. The molecule has 2 aromatic carbocycles. The van der Waals surface area contributed by atoms with Crippen molar-refractivity contribution >= 4 is 11.9 Å². The van der Waals surface area contributed by atoms with Gasteiger partial charge in [0.15, 0.2) is 17.3 Å². The van der Waals surface area contributed by atoms with Gasteiger partial charge >= 0.3 is 0 Å². The van der Waals surface area contributed by atoms with Crippen molar-refractivity contribution in [3.8, 4) is 17.2 Å². The highest BCUT2D eigenvalue weighted by Crippen LogP contribution is 2.31. The van der Waals surface area contributed by atoms with Crippen molar-refractivity contribution in [2.24, 2.45) is 0 Å². The van der Waals surface area contributed by atoms with Crippen LogP contribution in [0.4, 0.5) is 0 Å². The third-order valence-corrected chi connectivity index (χ3v) is 4.53. The summed E-state index contributed by atoms with van der Waals surface area (Å²) in [5.41, 5.74) is 4.00. The van der Waals surface area contributed by atoms with Crippen molar-refractivity contribution in [1.82, 2.24) is 9.78 Å². The molecule has 136 valence electrons. The zero-order chi connectivity index (χ0) is 18.8. The molecule has 3 aromatic rings. The van der Waals surface area contributed by atoms with Gasteiger partial charge in [0.2, 0.25) is 0 Å². The molecule has 0 radical (unpaired) electrons. The van der Waals surface area contributed by atoms with Crippen LogP contribution in [0.15, 0.2) is 54.6 Å². The lowest BCUT2D eigenvalue weighted by molar-refractivity contribution is 0.104. The molecule has 0 bridgehead atoms. The Morgan fingerprint density at radius 1 is 1.04 bits per heavy atom. The lowest BCUT2D eigenvalue weighted by Crippen LogP contribution is -2.15. The quantitative estimate of drug-likeness (QED) is 0.518. The summed E-state index contributed by atoms with van der Waals surface area (Å²) in [4.78, 5) is 12.8. The van der Waals surface area contributed by atoms with Crippen LogP contribution in [0.3, 0.4) is 0 Å². The van der Waals surface area contributed by atoms with E-state index in [4.69, 9.17) is 9.47 Å². The van der Waals surface area contributed by atoms with Crippen LogP contribution in [-0.4, -0.2) is 28.8 Å². The van der Waals surface area contributed by atoms with Crippen molar-refractivity contribution in [2.45, 2.75) is 13.8 Å². The minimum Gasteiger partial charge on any atom is -0.486 e. The van der Waals surface area contributed by atoms with Gasteiger partial charge in [-0.15, -0.1) is 0 Å². The van der Waals surface area contributed by atoms with Crippen LogP contribution in [0.2, 0.25) is 0 Å². The predicted molar refractivity (Wildman–Crippen MR) is 104 cm³/mol. The van der Waals surface area contributed by atoms with E-state index in [1.165, 1.54) is 0 Å². The SMILES string of the molecule is Cc1nn(-c2ccccc2)c(C)c1C(=O)/C=C/c1ccc2c(c1)OCCO2. The standard InChI is InChI=1S/C22H20N2O3/c1-15-22(16(2)24(23-15)18-6-4-3-5-7-18)19(25)10-8-17-9-11-20-21(14-17)27-13-12-26-20/h3-11,14H,12-13H2,1-2H3/b10-8+. The number of aromatic nitrogens is 2. The Morgan fingerprint density at radius 2 is 1.78 bits per heavy atom. The number of carbonyl (C=O) groups is 1. The second-order valence-corrected chi connectivity index (χ2v) is 6.39. The molecule has 0 amide bonds. The maximum atomic E-state index is 12.8. The number of benzene rings is 2. The predicted octanol–water partition coefficient (Wildman–Crippen LogP) is 4.16. The van der Waals surface area contributed by atoms with E-state index in [9.17, 15) is 4.79 Å². The molecule has 1 aliphatic rings. The molecule has 5 nitrogen and oxygen atoms in total. The lowest BCUT2D eigenvalue weighted by Gasteiger charge is -2.18. The second kappa shape index (κ2) is 7.11. The number of aryl methyl sites for hydroxylation is 1. The molecule has 0 spiro atoms. The number of nitrogens with zero attached hydrogens (tertiary/aromatic N) is 2. The Hall–Kier alpha value is -3.34. The number of hydrogen-bond donors (Lipinski definition) is 0. The molecule has 0 unspecified atom stereocenters. The third kappa shape index (κ3) is 3.36. The van der Waals surface area contributed by atoms with Gasteiger partial charge in [-0.05, 0) is 49.8 Å². The first-order valence-corrected chi connectivity index (χ1v) is 8.87. The second-order valence-electron chi connectivity index (χ2n) is 6.39. The van der Waals surface area contributed by atoms with E-state index in [-0.39, 0.29) is 5.78 Å². The van der Waals surface area contributed by atoms with Crippen LogP contribution in [0.25, 0.3) is 11.8 Å². The van der Waals surface area contributed by atoms with Crippen LogP contribution >= 0.6 is 0 Å². The maximum absolute atomic E-state index is 12.8. The van der Waals surface area contributed by atoms with E-state index < -0.39 is 0 Å². The third-order valence-electron chi connectivity index (χ3n) is 4.53. The van der Waals surface area contributed by atoms with Crippen LogP contribution in [-0.2, 0) is 0 Å². The first kappa shape index (κ1) is 17.1. The van der Waals surface area contributed by atoms with Gasteiger partial charge in [0.25, 0.3) is 0 Å². The Morgan fingerprint density at radius 3 is 2.56 bits per heavy atom. The van der Waals surface area contributed by atoms with Gasteiger partial charge in [0.05, 0.1) is 22.6 Å². The topological polar surface area (TPSA) is 53.4 Å². The molecule has 0 saturated heterocycles. The molecule has 0 aliphatic carbocycles. The highest BCUT2D eigenvalue weighted by Gasteiger charge is 2.17. The number of rotatable bonds is 4. The number of hydrogen-bond acceptors (Lipinski definition) is 4. The average molecular weight is 360 g/mol. The monoisotopic (exact) mass is 360 g/mol. The zero-order valence-electron chi connectivity index (χ0n) is 15.3. The molecule has 2 heterocycles. The fourth-order valence-corrected chi connectivity index (χ4v) is 3.24. The van der Waals surface area contributed by atoms with E-state index in [1.54, 1.807) is 16.8 Å². The van der Waals surface area contributed by atoms with Crippen LogP contribution < -0.4 is 9.47 Å². The van der Waals surface area contributed by atoms with Gasteiger partial charge in [-0.3, -0.25) is 4.79 Å². The highest BCUT2D eigenvalue weighted by molar-refractivity contribution is 6.08. The van der Waals surface area contributed by atoms with Crippen molar-refractivity contribution in [3.05, 3.63) is 77.1 Å². The lowest BCUT2D eigenvalue weighted by atomic mass is 10.1. The van der Waals surface area contributed by atoms with E-state index in [1.807, 2.05) is 62.4 Å². The van der Waals surface area contributed by atoms with E-state index in [0.29, 0.717) is 30.2 Å². The molecular weight excluding hydrogens is 340 g/mol. The van der Waals surface area contributed by atoms with E-state index >= 15 is 0 Å². The zero-order valence-corrected chi connectivity index (χ0v) is 15.3. The number of fused-ring (bicyclic) bond motifs is 1. The minimum atomic E-state index is -0.0675. The maximum Gasteiger partial charge on any atom is 0.189 e. The molecule has 27 heavy (non-hydrogen) atoms. The summed E-state index contributed by atoms with van der Waals surface area (Å²) in [5, 5.41) is 4.54. The molecule has 4 rings (SSSR count). The van der Waals surface area contributed by atoms with Gasteiger partial charge < -0.3 is 9.47 Å².